The number of para-hydroxylation sites is 2. The molecule has 0 unspecified atom stereocenters. The highest BCUT2D eigenvalue weighted by molar-refractivity contribution is 5.90. The zero-order chi connectivity index (χ0) is 25.4. The maximum atomic E-state index is 13.9. The van der Waals surface area contributed by atoms with Crippen molar-refractivity contribution >= 4 is 11.7 Å². The zero-order valence-electron chi connectivity index (χ0n) is 21.0. The molecule has 0 radical (unpaired) electrons. The van der Waals surface area contributed by atoms with Gasteiger partial charge in [0.05, 0.1) is 29.7 Å². The molecular formula is C31H29N5O. The zero-order valence-corrected chi connectivity index (χ0v) is 21.0. The molecule has 3 aromatic carbocycles. The van der Waals surface area contributed by atoms with Crippen LogP contribution in [0.5, 0.6) is 0 Å². The van der Waals surface area contributed by atoms with Crippen molar-refractivity contribution in [2.75, 3.05) is 5.32 Å². The summed E-state index contributed by atoms with van der Waals surface area (Å²) < 4.78 is 4.18. The summed E-state index contributed by atoms with van der Waals surface area (Å²) in [6.07, 6.45) is 3.04. The average Bonchev–Trinajstić information content (AvgIpc) is 3.50. The van der Waals surface area contributed by atoms with Gasteiger partial charge in [0, 0.05) is 17.4 Å². The van der Waals surface area contributed by atoms with E-state index in [2.05, 4.69) is 65.5 Å². The fourth-order valence-corrected chi connectivity index (χ4v) is 5.15. The highest BCUT2D eigenvalue weighted by Crippen LogP contribution is 2.38. The van der Waals surface area contributed by atoms with Crippen molar-refractivity contribution in [2.45, 2.75) is 32.9 Å². The molecule has 0 saturated heterocycles. The van der Waals surface area contributed by atoms with E-state index in [-0.39, 0.29) is 12.1 Å². The minimum atomic E-state index is -0.277. The fourth-order valence-electron chi connectivity index (χ4n) is 5.15. The second kappa shape index (κ2) is 9.47. The molecule has 184 valence electrons. The van der Waals surface area contributed by atoms with E-state index in [0.29, 0.717) is 6.54 Å². The van der Waals surface area contributed by atoms with Crippen LogP contribution in [0.3, 0.4) is 0 Å². The van der Waals surface area contributed by atoms with Crippen molar-refractivity contribution in [1.82, 2.24) is 19.2 Å². The molecule has 6 rings (SSSR count). The number of rotatable bonds is 4. The Morgan fingerprint density at radius 3 is 2.32 bits per heavy atom. The van der Waals surface area contributed by atoms with Crippen LogP contribution in [0.4, 0.5) is 10.5 Å². The SMILES string of the molecule is CCc1ccc([C@@H]2c3cccn3-c3c(c(C)nn3-c3ccccc3)CN2C(=O)Nc2ccccc2)cc1. The summed E-state index contributed by atoms with van der Waals surface area (Å²) in [5.41, 5.74) is 7.04. The third-order valence-electron chi connectivity index (χ3n) is 7.08. The molecule has 0 saturated carbocycles. The van der Waals surface area contributed by atoms with Gasteiger partial charge in [-0.25, -0.2) is 9.48 Å². The van der Waals surface area contributed by atoms with Gasteiger partial charge in [-0.05, 0) is 60.9 Å². The van der Waals surface area contributed by atoms with Gasteiger partial charge in [0.15, 0.2) is 0 Å². The number of aryl methyl sites for hydroxylation is 2. The van der Waals surface area contributed by atoms with Crippen molar-refractivity contribution in [3.63, 3.8) is 0 Å². The van der Waals surface area contributed by atoms with Crippen LogP contribution in [-0.2, 0) is 13.0 Å². The number of fused-ring (bicyclic) bond motifs is 3. The lowest BCUT2D eigenvalue weighted by Crippen LogP contribution is -2.38. The molecule has 0 fully saturated rings. The minimum absolute atomic E-state index is 0.150. The van der Waals surface area contributed by atoms with Crippen molar-refractivity contribution in [2.24, 2.45) is 0 Å². The number of urea groups is 1. The summed E-state index contributed by atoms with van der Waals surface area (Å²) in [5, 5.41) is 8.04. The Morgan fingerprint density at radius 1 is 0.919 bits per heavy atom. The lowest BCUT2D eigenvalue weighted by Gasteiger charge is -2.31. The molecule has 5 aromatic rings. The van der Waals surface area contributed by atoms with Crippen LogP contribution >= 0.6 is 0 Å². The number of aromatic nitrogens is 3. The number of hydrogen-bond donors (Lipinski definition) is 1. The first-order chi connectivity index (χ1) is 18.1. The number of benzene rings is 3. The normalized spacial score (nSPS) is 14.5. The van der Waals surface area contributed by atoms with E-state index in [1.807, 2.05) is 71.1 Å². The second-order valence-electron chi connectivity index (χ2n) is 9.36. The quantitative estimate of drug-likeness (QED) is 0.308. The minimum Gasteiger partial charge on any atom is -0.308 e. The number of nitrogens with one attached hydrogen (secondary N) is 1. The van der Waals surface area contributed by atoms with Crippen molar-refractivity contribution in [3.05, 3.63) is 131 Å². The number of anilines is 1. The largest absolute Gasteiger partial charge is 0.322 e. The standard InChI is InChI=1S/C31H29N5O/c1-3-23-16-18-24(19-17-23)29-28-15-10-20-34(28)30-27(22(2)33-36(30)26-13-8-5-9-14-26)21-35(29)31(37)32-25-11-6-4-7-12-25/h4-20,29H,3,21H2,1-2H3,(H,32,37)/t29-/m1/s1. The molecule has 1 atom stereocenters. The van der Waals surface area contributed by atoms with Gasteiger partial charge in [0.25, 0.3) is 0 Å². The molecule has 3 heterocycles. The Labute approximate surface area is 216 Å². The average molecular weight is 488 g/mol. The van der Waals surface area contributed by atoms with Crippen LogP contribution in [0.2, 0.25) is 0 Å². The summed E-state index contributed by atoms with van der Waals surface area (Å²) in [6, 6.07) is 32.1. The van der Waals surface area contributed by atoms with E-state index >= 15 is 0 Å². The summed E-state index contributed by atoms with van der Waals surface area (Å²) >= 11 is 0. The molecule has 1 aliphatic heterocycles. The van der Waals surface area contributed by atoms with Gasteiger partial charge in [-0.15, -0.1) is 0 Å². The second-order valence-corrected chi connectivity index (χ2v) is 9.36. The fraction of sp³-hybridized carbons (Fsp3) is 0.161. The number of carbonyl (C=O) groups excluding carboxylic acids is 1. The van der Waals surface area contributed by atoms with Crippen molar-refractivity contribution in [1.29, 1.82) is 0 Å². The summed E-state index contributed by atoms with van der Waals surface area (Å²) in [7, 11) is 0. The van der Waals surface area contributed by atoms with Gasteiger partial charge < -0.3 is 14.8 Å². The number of amides is 2. The smallest absolute Gasteiger partial charge is 0.308 e. The van der Waals surface area contributed by atoms with Gasteiger partial charge in [0.2, 0.25) is 0 Å². The molecular weight excluding hydrogens is 458 g/mol. The summed E-state index contributed by atoms with van der Waals surface area (Å²) in [5.74, 6) is 0.967. The van der Waals surface area contributed by atoms with E-state index in [0.717, 1.165) is 46.1 Å². The number of hydrogen-bond acceptors (Lipinski definition) is 2. The van der Waals surface area contributed by atoms with Crippen molar-refractivity contribution in [3.8, 4) is 11.5 Å². The summed E-state index contributed by atoms with van der Waals surface area (Å²) in [4.78, 5) is 15.9. The van der Waals surface area contributed by atoms with Crippen LogP contribution in [0.25, 0.3) is 11.5 Å². The molecule has 37 heavy (non-hydrogen) atoms. The lowest BCUT2D eigenvalue weighted by molar-refractivity contribution is 0.194. The first-order valence-corrected chi connectivity index (χ1v) is 12.7. The predicted octanol–water partition coefficient (Wildman–Crippen LogP) is 6.67. The van der Waals surface area contributed by atoms with Crippen LogP contribution in [-0.4, -0.2) is 25.3 Å². The highest BCUT2D eigenvalue weighted by atomic mass is 16.2. The monoisotopic (exact) mass is 487 g/mol. The Balaban J connectivity index is 1.53. The van der Waals surface area contributed by atoms with E-state index in [1.54, 1.807) is 0 Å². The Hall–Kier alpha value is -4.58. The van der Waals surface area contributed by atoms with Crippen LogP contribution < -0.4 is 5.32 Å². The van der Waals surface area contributed by atoms with Crippen LogP contribution in [0.15, 0.2) is 103 Å². The van der Waals surface area contributed by atoms with Crippen LogP contribution in [0.1, 0.15) is 41.0 Å². The summed E-state index contributed by atoms with van der Waals surface area (Å²) in [6.45, 7) is 4.60. The molecule has 2 aromatic heterocycles. The van der Waals surface area contributed by atoms with Gasteiger partial charge in [0.1, 0.15) is 5.82 Å². The third kappa shape index (κ3) is 4.10. The third-order valence-corrected chi connectivity index (χ3v) is 7.08. The van der Waals surface area contributed by atoms with Gasteiger partial charge in [-0.1, -0.05) is 67.6 Å². The van der Waals surface area contributed by atoms with Crippen LogP contribution in [0, 0.1) is 6.92 Å². The maximum absolute atomic E-state index is 13.9. The van der Waals surface area contributed by atoms with Gasteiger partial charge >= 0.3 is 6.03 Å². The van der Waals surface area contributed by atoms with E-state index in [9.17, 15) is 4.79 Å². The van der Waals surface area contributed by atoms with E-state index in [1.165, 1.54) is 5.56 Å². The molecule has 0 aliphatic carbocycles. The topological polar surface area (TPSA) is 55.1 Å². The molecule has 1 N–H and O–H groups in total. The van der Waals surface area contributed by atoms with Gasteiger partial charge in [-0.2, -0.15) is 5.10 Å². The van der Waals surface area contributed by atoms with E-state index < -0.39 is 0 Å². The predicted molar refractivity (Wildman–Crippen MR) is 146 cm³/mol. The Kier molecular flexibility index (Phi) is 5.85. The van der Waals surface area contributed by atoms with Gasteiger partial charge in [-0.3, -0.25) is 0 Å². The van der Waals surface area contributed by atoms with Crippen molar-refractivity contribution < 1.29 is 4.79 Å². The van der Waals surface area contributed by atoms with E-state index in [4.69, 9.17) is 5.10 Å². The highest BCUT2D eigenvalue weighted by Gasteiger charge is 2.36. The molecule has 6 nitrogen and oxygen atoms in total. The first-order valence-electron chi connectivity index (χ1n) is 12.7. The Bertz CT molecular complexity index is 1530. The first kappa shape index (κ1) is 22.9. The molecule has 1 aliphatic rings. The molecule has 6 heteroatoms. The number of carbonyl (C=O) groups is 1. The Morgan fingerprint density at radius 2 is 1.62 bits per heavy atom. The maximum Gasteiger partial charge on any atom is 0.322 e. The molecule has 0 bridgehead atoms. The molecule has 0 spiro atoms. The molecule has 2 amide bonds. The number of nitrogens with zero attached hydrogens (tertiary/aromatic N) is 4. The lowest BCUT2D eigenvalue weighted by atomic mass is 9.99.